The van der Waals surface area contributed by atoms with Crippen LogP contribution in [0.1, 0.15) is 24.8 Å². The zero-order valence-electron chi connectivity index (χ0n) is 12.6. The zero-order valence-corrected chi connectivity index (χ0v) is 13.4. The molecular formula is C16H21NO4S. The molecule has 1 fully saturated rings. The van der Waals surface area contributed by atoms with Crippen molar-refractivity contribution < 1.29 is 19.4 Å². The summed E-state index contributed by atoms with van der Waals surface area (Å²) in [7, 11) is 0. The van der Waals surface area contributed by atoms with Gasteiger partial charge in [-0.3, -0.25) is 4.79 Å². The van der Waals surface area contributed by atoms with Gasteiger partial charge in [-0.2, -0.15) is 11.8 Å². The van der Waals surface area contributed by atoms with Gasteiger partial charge in [-0.05, 0) is 37.1 Å². The van der Waals surface area contributed by atoms with Crippen molar-refractivity contribution in [3.63, 3.8) is 0 Å². The summed E-state index contributed by atoms with van der Waals surface area (Å²) in [5, 5.41) is 12.0. The minimum absolute atomic E-state index is 0.224. The summed E-state index contributed by atoms with van der Waals surface area (Å²) in [5.74, 6) is 0.855. The van der Waals surface area contributed by atoms with Gasteiger partial charge in [0.25, 0.3) is 0 Å². The Morgan fingerprint density at radius 2 is 2.18 bits per heavy atom. The van der Waals surface area contributed by atoms with Crippen molar-refractivity contribution in [3.8, 4) is 5.75 Å². The molecule has 1 aromatic carbocycles. The maximum atomic E-state index is 11.9. The summed E-state index contributed by atoms with van der Waals surface area (Å²) < 4.78 is 5.63. The number of aliphatic carboxylic acids is 1. The largest absolute Gasteiger partial charge is 0.493 e. The summed E-state index contributed by atoms with van der Waals surface area (Å²) >= 11 is 1.56. The number of hydrogen-bond acceptors (Lipinski definition) is 4. The summed E-state index contributed by atoms with van der Waals surface area (Å²) in [6, 6.07) is 7.71. The highest BCUT2D eigenvalue weighted by atomic mass is 32.2. The van der Waals surface area contributed by atoms with Crippen molar-refractivity contribution >= 4 is 23.6 Å². The van der Waals surface area contributed by atoms with Crippen molar-refractivity contribution in [1.29, 1.82) is 0 Å². The van der Waals surface area contributed by atoms with E-state index in [1.807, 2.05) is 31.2 Å². The van der Waals surface area contributed by atoms with Crippen LogP contribution in [0, 0.1) is 6.92 Å². The van der Waals surface area contributed by atoms with Gasteiger partial charge in [0, 0.05) is 12.2 Å². The highest BCUT2D eigenvalue weighted by Crippen LogP contribution is 2.28. The molecule has 1 aromatic rings. The topological polar surface area (TPSA) is 75.6 Å². The number of amides is 1. The van der Waals surface area contributed by atoms with E-state index in [-0.39, 0.29) is 12.3 Å². The van der Waals surface area contributed by atoms with Crippen LogP contribution in [0.3, 0.4) is 0 Å². The molecule has 120 valence electrons. The number of thioether (sulfide) groups is 1. The van der Waals surface area contributed by atoms with Crippen LogP contribution in [-0.4, -0.2) is 40.6 Å². The lowest BCUT2D eigenvalue weighted by Crippen LogP contribution is -2.54. The maximum Gasteiger partial charge on any atom is 0.330 e. The van der Waals surface area contributed by atoms with Crippen LogP contribution in [-0.2, 0) is 9.59 Å². The van der Waals surface area contributed by atoms with E-state index in [2.05, 4.69) is 5.32 Å². The van der Waals surface area contributed by atoms with E-state index in [1.54, 1.807) is 11.8 Å². The summed E-state index contributed by atoms with van der Waals surface area (Å²) in [6.45, 7) is 2.41. The molecule has 0 radical (unpaired) electrons. The average Bonchev–Trinajstić information content (AvgIpc) is 2.95. The third-order valence-electron chi connectivity index (χ3n) is 3.71. The predicted octanol–water partition coefficient (Wildman–Crippen LogP) is 2.23. The third kappa shape index (κ3) is 4.16. The molecule has 2 N–H and O–H groups in total. The van der Waals surface area contributed by atoms with Gasteiger partial charge in [0.2, 0.25) is 5.91 Å². The second-order valence-electron chi connectivity index (χ2n) is 5.46. The van der Waals surface area contributed by atoms with E-state index in [1.165, 1.54) is 0 Å². The first kappa shape index (κ1) is 16.7. The van der Waals surface area contributed by atoms with E-state index >= 15 is 0 Å². The first-order valence-electron chi connectivity index (χ1n) is 7.34. The van der Waals surface area contributed by atoms with Crippen LogP contribution >= 0.6 is 11.8 Å². The molecule has 1 aliphatic rings. The fourth-order valence-corrected chi connectivity index (χ4v) is 3.67. The van der Waals surface area contributed by atoms with E-state index in [4.69, 9.17) is 4.74 Å². The van der Waals surface area contributed by atoms with Gasteiger partial charge < -0.3 is 15.2 Å². The minimum Gasteiger partial charge on any atom is -0.493 e. The van der Waals surface area contributed by atoms with Gasteiger partial charge in [0.15, 0.2) is 0 Å². The average molecular weight is 323 g/mol. The van der Waals surface area contributed by atoms with E-state index in [9.17, 15) is 14.7 Å². The lowest BCUT2D eigenvalue weighted by atomic mass is 9.99. The maximum absolute atomic E-state index is 11.9. The Labute approximate surface area is 134 Å². The van der Waals surface area contributed by atoms with Crippen LogP contribution in [0.25, 0.3) is 0 Å². The first-order valence-corrected chi connectivity index (χ1v) is 8.49. The van der Waals surface area contributed by atoms with Crippen molar-refractivity contribution in [2.45, 2.75) is 31.7 Å². The zero-order chi connectivity index (χ0) is 16.0. The van der Waals surface area contributed by atoms with Crippen molar-refractivity contribution in [3.05, 3.63) is 29.8 Å². The number of nitrogens with one attached hydrogen (secondary N) is 1. The second-order valence-corrected chi connectivity index (χ2v) is 6.56. The van der Waals surface area contributed by atoms with Crippen molar-refractivity contribution in [2.75, 3.05) is 18.1 Å². The van der Waals surface area contributed by atoms with Crippen LogP contribution in [0.2, 0.25) is 0 Å². The van der Waals surface area contributed by atoms with Gasteiger partial charge in [0.05, 0.1) is 6.61 Å². The Bertz CT molecular complexity index is 541. The Balaban J connectivity index is 1.74. The highest BCUT2D eigenvalue weighted by molar-refractivity contribution is 7.99. The standard InChI is InChI=1S/C16H21NO4S/c1-12-5-2-3-6-13(12)21-9-4-7-14(18)17-16(15(19)20)8-10-22-11-16/h2-3,5-6H,4,7-11H2,1H3,(H,17,18)(H,19,20)/t16-/m0/s1. The summed E-state index contributed by atoms with van der Waals surface area (Å²) in [4.78, 5) is 23.3. The Morgan fingerprint density at radius 1 is 1.41 bits per heavy atom. The molecule has 0 aliphatic carbocycles. The molecule has 1 amide bonds. The molecule has 0 bridgehead atoms. The number of carbonyl (C=O) groups excluding carboxylic acids is 1. The van der Waals surface area contributed by atoms with Crippen LogP contribution in [0.4, 0.5) is 0 Å². The molecule has 0 unspecified atom stereocenters. The van der Waals surface area contributed by atoms with Crippen LogP contribution < -0.4 is 10.1 Å². The molecule has 22 heavy (non-hydrogen) atoms. The molecule has 1 aliphatic heterocycles. The van der Waals surface area contributed by atoms with E-state index in [0.717, 1.165) is 17.1 Å². The van der Waals surface area contributed by atoms with Crippen LogP contribution in [0.15, 0.2) is 24.3 Å². The van der Waals surface area contributed by atoms with Gasteiger partial charge in [-0.1, -0.05) is 18.2 Å². The van der Waals surface area contributed by atoms with E-state index in [0.29, 0.717) is 25.2 Å². The second kappa shape index (κ2) is 7.54. The predicted molar refractivity (Wildman–Crippen MR) is 86.4 cm³/mol. The number of carbonyl (C=O) groups is 2. The fourth-order valence-electron chi connectivity index (χ4n) is 2.35. The normalized spacial score (nSPS) is 20.6. The highest BCUT2D eigenvalue weighted by Gasteiger charge is 2.43. The van der Waals surface area contributed by atoms with Crippen molar-refractivity contribution in [2.24, 2.45) is 0 Å². The van der Waals surface area contributed by atoms with Gasteiger partial charge in [-0.25, -0.2) is 4.79 Å². The number of para-hydroxylation sites is 1. The molecular weight excluding hydrogens is 302 g/mol. The molecule has 1 saturated heterocycles. The van der Waals surface area contributed by atoms with Crippen LogP contribution in [0.5, 0.6) is 5.75 Å². The van der Waals surface area contributed by atoms with Gasteiger partial charge >= 0.3 is 5.97 Å². The monoisotopic (exact) mass is 323 g/mol. The molecule has 5 nitrogen and oxygen atoms in total. The quantitative estimate of drug-likeness (QED) is 0.753. The first-order chi connectivity index (χ1) is 10.5. The minimum atomic E-state index is -1.08. The molecule has 0 saturated carbocycles. The molecule has 1 heterocycles. The third-order valence-corrected chi connectivity index (χ3v) is 4.90. The summed E-state index contributed by atoms with van der Waals surface area (Å²) in [5.41, 5.74) is -0.0294. The number of rotatable bonds is 7. The molecule has 1 atom stereocenters. The van der Waals surface area contributed by atoms with E-state index < -0.39 is 11.5 Å². The molecule has 0 aromatic heterocycles. The fraction of sp³-hybridized carbons (Fsp3) is 0.500. The Kier molecular flexibility index (Phi) is 5.71. The lowest BCUT2D eigenvalue weighted by molar-refractivity contribution is -0.146. The number of carboxylic acid groups (broad SMARTS) is 1. The Hall–Kier alpha value is -1.69. The number of carboxylic acids is 1. The number of hydrogen-bond donors (Lipinski definition) is 2. The molecule has 0 spiro atoms. The SMILES string of the molecule is Cc1ccccc1OCCCC(=O)N[C@@]1(C(=O)O)CCSC1. The molecule has 2 rings (SSSR count). The molecule has 6 heteroatoms. The van der Waals surface area contributed by atoms with Gasteiger partial charge in [0.1, 0.15) is 11.3 Å². The Morgan fingerprint density at radius 3 is 2.82 bits per heavy atom. The summed E-state index contributed by atoms with van der Waals surface area (Å²) in [6.07, 6.45) is 1.31. The number of benzene rings is 1. The van der Waals surface area contributed by atoms with Gasteiger partial charge in [-0.15, -0.1) is 0 Å². The number of ether oxygens (including phenoxy) is 1. The number of aryl methyl sites for hydroxylation is 1. The lowest BCUT2D eigenvalue weighted by Gasteiger charge is -2.24. The van der Waals surface area contributed by atoms with Crippen molar-refractivity contribution in [1.82, 2.24) is 5.32 Å². The smallest absolute Gasteiger partial charge is 0.330 e.